The number of rotatable bonds is 6. The predicted molar refractivity (Wildman–Crippen MR) is 101 cm³/mol. The Morgan fingerprint density at radius 3 is 2.41 bits per heavy atom. The molecule has 1 aromatic heterocycles. The van der Waals surface area contributed by atoms with Crippen molar-refractivity contribution in [3.05, 3.63) is 64.1 Å². The molecule has 154 valence electrons. The van der Waals surface area contributed by atoms with Crippen molar-refractivity contribution in [3.63, 3.8) is 0 Å². The van der Waals surface area contributed by atoms with Gasteiger partial charge in [-0.1, -0.05) is 0 Å². The van der Waals surface area contributed by atoms with Crippen LogP contribution in [0.2, 0.25) is 0 Å². The fourth-order valence-corrected chi connectivity index (χ4v) is 3.04. The van der Waals surface area contributed by atoms with Gasteiger partial charge < -0.3 is 19.5 Å². The molecular weight excluding hydrogens is 384 g/mol. The predicted octanol–water partition coefficient (Wildman–Crippen LogP) is 1.80. The van der Waals surface area contributed by atoms with Gasteiger partial charge in [-0.05, 0) is 24.6 Å². The van der Waals surface area contributed by atoms with Crippen molar-refractivity contribution in [3.8, 4) is 5.75 Å². The molecule has 2 heterocycles. The molecule has 1 aliphatic heterocycles. The minimum Gasteiger partial charge on any atom is -0.491 e. The minimum absolute atomic E-state index is 0.0479. The van der Waals surface area contributed by atoms with Crippen LogP contribution in [0.4, 0.5) is 8.78 Å². The standard InChI is InChI=1S/C20H21F2N3O4/c21-15-4-5-17(16(22)12-15)29-11-1-2-19(27)24-7-9-25(10-8-24)20(28)14-3-6-18(26)23-13-14/h3-6,12-13H,1-2,7-11H2,(H,23,26). The van der Waals surface area contributed by atoms with E-state index >= 15 is 0 Å². The monoisotopic (exact) mass is 405 g/mol. The zero-order valence-electron chi connectivity index (χ0n) is 15.7. The molecule has 0 saturated carbocycles. The number of benzene rings is 1. The van der Waals surface area contributed by atoms with Crippen molar-refractivity contribution >= 4 is 11.8 Å². The molecular formula is C20H21F2N3O4. The highest BCUT2D eigenvalue weighted by Gasteiger charge is 2.24. The second-order valence-corrected chi connectivity index (χ2v) is 6.64. The number of nitrogens with one attached hydrogen (secondary N) is 1. The van der Waals surface area contributed by atoms with E-state index in [2.05, 4.69) is 4.98 Å². The first-order valence-corrected chi connectivity index (χ1v) is 9.27. The number of aromatic amines is 1. The highest BCUT2D eigenvalue weighted by Crippen LogP contribution is 2.18. The minimum atomic E-state index is -0.778. The summed E-state index contributed by atoms with van der Waals surface area (Å²) in [4.78, 5) is 41.6. The molecule has 29 heavy (non-hydrogen) atoms. The van der Waals surface area contributed by atoms with E-state index in [4.69, 9.17) is 4.74 Å². The molecule has 0 aliphatic carbocycles. The van der Waals surface area contributed by atoms with Gasteiger partial charge in [-0.2, -0.15) is 0 Å². The molecule has 0 bridgehead atoms. The van der Waals surface area contributed by atoms with Crippen molar-refractivity contribution in [2.24, 2.45) is 0 Å². The first-order valence-electron chi connectivity index (χ1n) is 9.27. The SMILES string of the molecule is O=C(CCCOc1ccc(F)cc1F)N1CCN(C(=O)c2ccc(=O)[nH]c2)CC1. The second kappa shape index (κ2) is 9.31. The lowest BCUT2D eigenvalue weighted by Crippen LogP contribution is -2.50. The van der Waals surface area contributed by atoms with Crippen molar-refractivity contribution in [1.29, 1.82) is 0 Å². The Labute approximate surface area is 165 Å². The number of halogens is 2. The van der Waals surface area contributed by atoms with E-state index < -0.39 is 11.6 Å². The Morgan fingerprint density at radius 2 is 1.76 bits per heavy atom. The third kappa shape index (κ3) is 5.40. The van der Waals surface area contributed by atoms with Crippen LogP contribution >= 0.6 is 0 Å². The van der Waals surface area contributed by atoms with Crippen LogP contribution in [0.25, 0.3) is 0 Å². The van der Waals surface area contributed by atoms with Crippen LogP contribution in [0.1, 0.15) is 23.2 Å². The van der Waals surface area contributed by atoms with E-state index in [1.165, 1.54) is 24.4 Å². The summed E-state index contributed by atoms with van der Waals surface area (Å²) in [6.07, 6.45) is 2.01. The number of pyridine rings is 1. The summed E-state index contributed by atoms with van der Waals surface area (Å²) in [5, 5.41) is 0. The molecule has 0 unspecified atom stereocenters. The summed E-state index contributed by atoms with van der Waals surface area (Å²) in [6, 6.07) is 5.84. The van der Waals surface area contributed by atoms with E-state index in [1.807, 2.05) is 0 Å². The Hall–Kier alpha value is -3.23. The van der Waals surface area contributed by atoms with Gasteiger partial charge in [0.15, 0.2) is 11.6 Å². The van der Waals surface area contributed by atoms with E-state index in [1.54, 1.807) is 9.80 Å². The molecule has 2 aromatic rings. The Morgan fingerprint density at radius 1 is 1.03 bits per heavy atom. The van der Waals surface area contributed by atoms with Crippen LogP contribution in [0.5, 0.6) is 5.75 Å². The lowest BCUT2D eigenvalue weighted by Gasteiger charge is -2.34. The summed E-state index contributed by atoms with van der Waals surface area (Å²) < 4.78 is 31.6. The maximum Gasteiger partial charge on any atom is 0.255 e. The van der Waals surface area contributed by atoms with Gasteiger partial charge in [-0.3, -0.25) is 14.4 Å². The smallest absolute Gasteiger partial charge is 0.255 e. The van der Waals surface area contributed by atoms with Crippen LogP contribution < -0.4 is 10.3 Å². The molecule has 0 radical (unpaired) electrons. The molecule has 1 saturated heterocycles. The molecule has 1 aromatic carbocycles. The quantitative estimate of drug-likeness (QED) is 0.743. The number of nitrogens with zero attached hydrogens (tertiary/aromatic N) is 2. The van der Waals surface area contributed by atoms with Crippen LogP contribution in [-0.4, -0.2) is 59.4 Å². The Bertz CT molecular complexity index is 919. The second-order valence-electron chi connectivity index (χ2n) is 6.64. The Balaban J connectivity index is 1.40. The van der Waals surface area contributed by atoms with Crippen molar-refractivity contribution < 1.29 is 23.1 Å². The summed E-state index contributed by atoms with van der Waals surface area (Å²) in [5.41, 5.74) is 0.123. The fraction of sp³-hybridized carbons (Fsp3) is 0.350. The summed E-state index contributed by atoms with van der Waals surface area (Å²) in [6.45, 7) is 1.78. The van der Waals surface area contributed by atoms with E-state index in [-0.39, 0.29) is 36.2 Å². The summed E-state index contributed by atoms with van der Waals surface area (Å²) in [7, 11) is 0. The molecule has 1 N–H and O–H groups in total. The van der Waals surface area contributed by atoms with Gasteiger partial charge >= 0.3 is 0 Å². The van der Waals surface area contributed by atoms with E-state index in [0.717, 1.165) is 12.1 Å². The fourth-order valence-electron chi connectivity index (χ4n) is 3.04. The maximum atomic E-state index is 13.5. The number of H-pyrrole nitrogens is 1. The lowest BCUT2D eigenvalue weighted by atomic mass is 10.2. The molecule has 1 fully saturated rings. The number of carbonyl (C=O) groups excluding carboxylic acids is 2. The number of amides is 2. The Kier molecular flexibility index (Phi) is 6.58. The van der Waals surface area contributed by atoms with Crippen molar-refractivity contribution in [2.75, 3.05) is 32.8 Å². The average molecular weight is 405 g/mol. The first kappa shape index (κ1) is 20.5. The summed E-state index contributed by atoms with van der Waals surface area (Å²) >= 11 is 0. The third-order valence-corrected chi connectivity index (χ3v) is 4.64. The third-order valence-electron chi connectivity index (χ3n) is 4.64. The van der Waals surface area contributed by atoms with Crippen molar-refractivity contribution in [2.45, 2.75) is 12.8 Å². The lowest BCUT2D eigenvalue weighted by molar-refractivity contribution is -0.132. The molecule has 9 heteroatoms. The van der Waals surface area contributed by atoms with Crippen molar-refractivity contribution in [1.82, 2.24) is 14.8 Å². The van der Waals surface area contributed by atoms with E-state index in [9.17, 15) is 23.2 Å². The largest absolute Gasteiger partial charge is 0.491 e. The van der Waals surface area contributed by atoms with Gasteiger partial charge in [-0.25, -0.2) is 8.78 Å². The molecule has 7 nitrogen and oxygen atoms in total. The van der Waals surface area contributed by atoms with E-state index in [0.29, 0.717) is 38.2 Å². The summed E-state index contributed by atoms with van der Waals surface area (Å²) in [5.74, 6) is -1.76. The van der Waals surface area contributed by atoms with Crippen LogP contribution in [0, 0.1) is 11.6 Å². The number of piperazine rings is 1. The molecule has 1 aliphatic rings. The van der Waals surface area contributed by atoms with Gasteiger partial charge in [0.25, 0.3) is 5.91 Å². The first-order chi connectivity index (χ1) is 13.9. The molecule has 2 amide bonds. The number of aromatic nitrogens is 1. The number of hydrogen-bond acceptors (Lipinski definition) is 4. The maximum absolute atomic E-state index is 13.5. The molecule has 0 spiro atoms. The number of carbonyl (C=O) groups is 2. The zero-order chi connectivity index (χ0) is 20.8. The molecule has 3 rings (SSSR count). The highest BCUT2D eigenvalue weighted by molar-refractivity contribution is 5.94. The van der Waals surface area contributed by atoms with Gasteiger partial charge in [0.05, 0.1) is 12.2 Å². The highest BCUT2D eigenvalue weighted by atomic mass is 19.1. The molecule has 0 atom stereocenters. The van der Waals surface area contributed by atoms with Gasteiger partial charge in [0.2, 0.25) is 11.5 Å². The average Bonchev–Trinajstić information content (AvgIpc) is 2.72. The normalized spacial score (nSPS) is 14.0. The zero-order valence-corrected chi connectivity index (χ0v) is 15.7. The van der Waals surface area contributed by atoms with Gasteiger partial charge in [0, 0.05) is 50.9 Å². The van der Waals surface area contributed by atoms with Crippen LogP contribution in [0.15, 0.2) is 41.3 Å². The number of ether oxygens (including phenoxy) is 1. The number of hydrogen-bond donors (Lipinski definition) is 1. The topological polar surface area (TPSA) is 82.7 Å². The van der Waals surface area contributed by atoms with Crippen LogP contribution in [0.3, 0.4) is 0 Å². The van der Waals surface area contributed by atoms with Gasteiger partial charge in [0.1, 0.15) is 5.82 Å². The van der Waals surface area contributed by atoms with Gasteiger partial charge in [-0.15, -0.1) is 0 Å². The van der Waals surface area contributed by atoms with Crippen LogP contribution in [-0.2, 0) is 4.79 Å².